The first kappa shape index (κ1) is 17.1. The van der Waals surface area contributed by atoms with Crippen molar-refractivity contribution in [1.29, 1.82) is 0 Å². The van der Waals surface area contributed by atoms with Gasteiger partial charge in [-0.15, -0.1) is 10.2 Å². The van der Waals surface area contributed by atoms with Gasteiger partial charge in [0.15, 0.2) is 17.3 Å². The number of aromatic nitrogens is 2. The SMILES string of the molecule is CNC(=O)c1ccc(NCC2CCN(c3ccc(F)c(F)c3)C2)nn1. The van der Waals surface area contributed by atoms with E-state index < -0.39 is 11.6 Å². The van der Waals surface area contributed by atoms with Gasteiger partial charge in [-0.25, -0.2) is 8.78 Å². The van der Waals surface area contributed by atoms with Gasteiger partial charge in [-0.1, -0.05) is 0 Å². The molecule has 1 saturated heterocycles. The second kappa shape index (κ2) is 7.42. The van der Waals surface area contributed by atoms with E-state index in [1.165, 1.54) is 13.1 Å². The molecule has 3 rings (SSSR count). The van der Waals surface area contributed by atoms with Crippen molar-refractivity contribution in [3.8, 4) is 0 Å². The monoisotopic (exact) mass is 347 g/mol. The Labute approximate surface area is 144 Å². The number of benzene rings is 1. The number of rotatable bonds is 5. The predicted octanol–water partition coefficient (Wildman–Crippen LogP) is 2.05. The topological polar surface area (TPSA) is 70.2 Å². The molecule has 2 N–H and O–H groups in total. The molecule has 0 spiro atoms. The number of nitrogens with zero attached hydrogens (tertiary/aromatic N) is 3. The van der Waals surface area contributed by atoms with Crippen molar-refractivity contribution in [2.45, 2.75) is 6.42 Å². The standard InChI is InChI=1S/C17H19F2N5O/c1-20-17(25)15-4-5-16(23-22-15)21-9-11-6-7-24(10-11)12-2-3-13(18)14(19)8-12/h2-5,8,11H,6-7,9-10H2,1H3,(H,20,25)(H,21,23). The summed E-state index contributed by atoms with van der Waals surface area (Å²) in [6, 6.07) is 7.29. The van der Waals surface area contributed by atoms with Gasteiger partial charge >= 0.3 is 0 Å². The molecule has 0 aliphatic carbocycles. The first-order chi connectivity index (χ1) is 12.1. The highest BCUT2D eigenvalue weighted by molar-refractivity contribution is 5.91. The normalized spacial score (nSPS) is 16.8. The van der Waals surface area contributed by atoms with Crippen LogP contribution in [0.15, 0.2) is 30.3 Å². The number of nitrogens with one attached hydrogen (secondary N) is 2. The van der Waals surface area contributed by atoms with E-state index in [9.17, 15) is 13.6 Å². The maximum atomic E-state index is 13.4. The minimum absolute atomic E-state index is 0.262. The van der Waals surface area contributed by atoms with Crippen LogP contribution in [-0.2, 0) is 0 Å². The third-order valence-electron chi connectivity index (χ3n) is 4.25. The smallest absolute Gasteiger partial charge is 0.271 e. The Bertz CT molecular complexity index is 753. The first-order valence-electron chi connectivity index (χ1n) is 8.06. The maximum Gasteiger partial charge on any atom is 0.271 e. The lowest BCUT2D eigenvalue weighted by Gasteiger charge is -2.19. The molecule has 1 amide bonds. The van der Waals surface area contributed by atoms with Gasteiger partial charge < -0.3 is 15.5 Å². The van der Waals surface area contributed by atoms with Gasteiger partial charge in [-0.2, -0.15) is 0 Å². The van der Waals surface area contributed by atoms with Crippen molar-refractivity contribution in [2.75, 3.05) is 36.9 Å². The molecule has 132 valence electrons. The zero-order valence-electron chi connectivity index (χ0n) is 13.8. The number of hydrogen-bond acceptors (Lipinski definition) is 5. The van der Waals surface area contributed by atoms with E-state index in [2.05, 4.69) is 20.8 Å². The highest BCUT2D eigenvalue weighted by atomic mass is 19.2. The van der Waals surface area contributed by atoms with Crippen LogP contribution in [0.5, 0.6) is 0 Å². The first-order valence-corrected chi connectivity index (χ1v) is 8.06. The minimum atomic E-state index is -0.833. The van der Waals surface area contributed by atoms with Crippen LogP contribution in [0.25, 0.3) is 0 Å². The summed E-state index contributed by atoms with van der Waals surface area (Å²) < 4.78 is 26.4. The molecule has 8 heteroatoms. The van der Waals surface area contributed by atoms with E-state index in [1.807, 2.05) is 4.90 Å². The molecule has 0 bridgehead atoms. The fraction of sp³-hybridized carbons (Fsp3) is 0.353. The number of amides is 1. The van der Waals surface area contributed by atoms with Crippen molar-refractivity contribution in [2.24, 2.45) is 5.92 Å². The Morgan fingerprint density at radius 1 is 1.24 bits per heavy atom. The van der Waals surface area contributed by atoms with Crippen LogP contribution in [0, 0.1) is 17.6 Å². The van der Waals surface area contributed by atoms with E-state index >= 15 is 0 Å². The van der Waals surface area contributed by atoms with E-state index in [-0.39, 0.29) is 11.6 Å². The Morgan fingerprint density at radius 3 is 2.76 bits per heavy atom. The van der Waals surface area contributed by atoms with E-state index in [0.717, 1.165) is 25.6 Å². The van der Waals surface area contributed by atoms with Crippen LogP contribution < -0.4 is 15.5 Å². The van der Waals surface area contributed by atoms with Crippen LogP contribution in [0.2, 0.25) is 0 Å². The average Bonchev–Trinajstić information content (AvgIpc) is 3.11. The number of hydrogen-bond donors (Lipinski definition) is 2. The van der Waals surface area contributed by atoms with E-state index in [4.69, 9.17) is 0 Å². The van der Waals surface area contributed by atoms with Crippen LogP contribution in [-0.4, -0.2) is 42.8 Å². The van der Waals surface area contributed by atoms with Crippen molar-refractivity contribution in [3.63, 3.8) is 0 Å². The third-order valence-corrected chi connectivity index (χ3v) is 4.25. The molecule has 1 atom stereocenters. The van der Waals surface area contributed by atoms with Gasteiger partial charge in [-0.05, 0) is 36.6 Å². The zero-order chi connectivity index (χ0) is 17.8. The lowest BCUT2D eigenvalue weighted by atomic mass is 10.1. The molecule has 1 aromatic carbocycles. The molecule has 0 saturated carbocycles. The quantitative estimate of drug-likeness (QED) is 0.866. The highest BCUT2D eigenvalue weighted by Crippen LogP contribution is 2.25. The van der Waals surface area contributed by atoms with E-state index in [1.54, 1.807) is 18.2 Å². The summed E-state index contributed by atoms with van der Waals surface area (Å²) in [6.07, 6.45) is 0.940. The summed E-state index contributed by atoms with van der Waals surface area (Å²) in [4.78, 5) is 13.5. The Balaban J connectivity index is 1.53. The second-order valence-corrected chi connectivity index (χ2v) is 5.96. The third kappa shape index (κ3) is 4.01. The fourth-order valence-corrected chi connectivity index (χ4v) is 2.84. The summed E-state index contributed by atoms with van der Waals surface area (Å²) in [7, 11) is 1.54. The molecular formula is C17H19F2N5O. The summed E-state index contributed by atoms with van der Waals surface area (Å²) in [6.45, 7) is 2.23. The molecule has 25 heavy (non-hydrogen) atoms. The summed E-state index contributed by atoms with van der Waals surface area (Å²) >= 11 is 0. The molecule has 2 heterocycles. The van der Waals surface area contributed by atoms with Crippen molar-refractivity contribution in [1.82, 2.24) is 15.5 Å². The predicted molar refractivity (Wildman–Crippen MR) is 90.6 cm³/mol. The van der Waals surface area contributed by atoms with Crippen molar-refractivity contribution in [3.05, 3.63) is 47.7 Å². The largest absolute Gasteiger partial charge is 0.371 e. The molecule has 6 nitrogen and oxygen atoms in total. The molecular weight excluding hydrogens is 328 g/mol. The fourth-order valence-electron chi connectivity index (χ4n) is 2.84. The van der Waals surface area contributed by atoms with E-state index in [0.29, 0.717) is 24.0 Å². The van der Waals surface area contributed by atoms with Crippen LogP contribution in [0.1, 0.15) is 16.9 Å². The van der Waals surface area contributed by atoms with Crippen LogP contribution in [0.3, 0.4) is 0 Å². The van der Waals surface area contributed by atoms with Crippen LogP contribution >= 0.6 is 0 Å². The Kier molecular flexibility index (Phi) is 5.06. The minimum Gasteiger partial charge on any atom is -0.371 e. The summed E-state index contributed by atoms with van der Waals surface area (Å²) in [5, 5.41) is 13.5. The second-order valence-electron chi connectivity index (χ2n) is 5.96. The summed E-state index contributed by atoms with van der Waals surface area (Å²) in [5.41, 5.74) is 0.953. The van der Waals surface area contributed by atoms with Gasteiger partial charge in [0.25, 0.3) is 5.91 Å². The molecule has 2 aromatic rings. The average molecular weight is 347 g/mol. The Hall–Kier alpha value is -2.77. The Morgan fingerprint density at radius 2 is 2.08 bits per heavy atom. The lowest BCUT2D eigenvalue weighted by molar-refractivity contribution is 0.0957. The number of halogens is 2. The molecule has 0 radical (unpaired) electrons. The summed E-state index contributed by atoms with van der Waals surface area (Å²) in [5.74, 6) is -0.991. The van der Waals surface area contributed by atoms with Gasteiger partial charge in [0, 0.05) is 38.4 Å². The number of anilines is 2. The lowest BCUT2D eigenvalue weighted by Crippen LogP contribution is -2.23. The van der Waals surface area contributed by atoms with Crippen molar-refractivity contribution >= 4 is 17.4 Å². The number of carbonyl (C=O) groups is 1. The van der Waals surface area contributed by atoms with Gasteiger partial charge in [0.2, 0.25) is 0 Å². The van der Waals surface area contributed by atoms with Crippen LogP contribution in [0.4, 0.5) is 20.3 Å². The van der Waals surface area contributed by atoms with Gasteiger partial charge in [0.05, 0.1) is 0 Å². The molecule has 1 aliphatic heterocycles. The number of carbonyl (C=O) groups excluding carboxylic acids is 1. The molecule has 1 unspecified atom stereocenters. The van der Waals surface area contributed by atoms with Crippen molar-refractivity contribution < 1.29 is 13.6 Å². The molecule has 1 aromatic heterocycles. The molecule has 1 aliphatic rings. The zero-order valence-corrected chi connectivity index (χ0v) is 13.8. The maximum absolute atomic E-state index is 13.4. The van der Waals surface area contributed by atoms with Gasteiger partial charge in [0.1, 0.15) is 5.82 Å². The molecule has 1 fully saturated rings. The highest BCUT2D eigenvalue weighted by Gasteiger charge is 2.23. The van der Waals surface area contributed by atoms with Gasteiger partial charge in [-0.3, -0.25) is 4.79 Å².